The lowest BCUT2D eigenvalue weighted by molar-refractivity contribution is 0.0933. The molecule has 1 N–H and O–H groups in total. The van der Waals surface area contributed by atoms with E-state index in [4.69, 9.17) is 11.6 Å². The van der Waals surface area contributed by atoms with Gasteiger partial charge in [0.05, 0.1) is 11.9 Å². The Balaban J connectivity index is 2.01. The molecule has 1 heterocycles. The van der Waals surface area contributed by atoms with E-state index >= 15 is 0 Å². The predicted octanol–water partition coefficient (Wildman–Crippen LogP) is 4.15. The smallest absolute Gasteiger partial charge is 0.128 e. The minimum atomic E-state index is -1.14. The Kier molecular flexibility index (Phi) is 4.24. The van der Waals surface area contributed by atoms with Gasteiger partial charge < -0.3 is 9.67 Å². The van der Waals surface area contributed by atoms with E-state index in [9.17, 15) is 5.11 Å². The van der Waals surface area contributed by atoms with Crippen LogP contribution in [0.2, 0.25) is 5.02 Å². The van der Waals surface area contributed by atoms with Crippen molar-refractivity contribution in [2.75, 3.05) is 0 Å². The number of imidazole rings is 1. The van der Waals surface area contributed by atoms with Crippen molar-refractivity contribution >= 4 is 11.6 Å². The SMILES string of the molecule is Cc1ncc(C(C)(O)c2ccc(Cl)cc2)n1Cc1ccccc1. The first kappa shape index (κ1) is 15.8. The molecule has 0 aliphatic carbocycles. The molecule has 0 amide bonds. The average Bonchev–Trinajstić information content (AvgIpc) is 2.90. The standard InChI is InChI=1S/C19H19ClN2O/c1-14-21-12-18(22(14)13-15-6-4-3-5-7-15)19(2,23)16-8-10-17(20)11-9-16/h3-12,23H,13H2,1-2H3. The van der Waals surface area contributed by atoms with Crippen molar-refractivity contribution in [3.63, 3.8) is 0 Å². The molecule has 1 aromatic heterocycles. The Hall–Kier alpha value is -2.10. The van der Waals surface area contributed by atoms with E-state index in [0.29, 0.717) is 11.6 Å². The van der Waals surface area contributed by atoms with Crippen molar-refractivity contribution in [2.45, 2.75) is 26.0 Å². The van der Waals surface area contributed by atoms with Gasteiger partial charge in [-0.15, -0.1) is 0 Å². The average molecular weight is 327 g/mol. The summed E-state index contributed by atoms with van der Waals surface area (Å²) in [7, 11) is 0. The van der Waals surface area contributed by atoms with Gasteiger partial charge in [-0.1, -0.05) is 54.1 Å². The molecule has 0 bridgehead atoms. The van der Waals surface area contributed by atoms with Gasteiger partial charge in [0.25, 0.3) is 0 Å². The number of hydrogen-bond donors (Lipinski definition) is 1. The number of halogens is 1. The zero-order valence-electron chi connectivity index (χ0n) is 13.2. The Morgan fingerprint density at radius 1 is 1.09 bits per heavy atom. The zero-order valence-corrected chi connectivity index (χ0v) is 14.0. The summed E-state index contributed by atoms with van der Waals surface area (Å²) >= 11 is 5.95. The maximum atomic E-state index is 11.1. The topological polar surface area (TPSA) is 38.1 Å². The van der Waals surface area contributed by atoms with Gasteiger partial charge in [-0.05, 0) is 37.1 Å². The van der Waals surface area contributed by atoms with E-state index in [1.807, 2.05) is 41.8 Å². The molecule has 1 atom stereocenters. The van der Waals surface area contributed by atoms with Crippen molar-refractivity contribution in [1.29, 1.82) is 0 Å². The third-order valence-corrected chi connectivity index (χ3v) is 4.40. The van der Waals surface area contributed by atoms with E-state index < -0.39 is 5.60 Å². The number of aliphatic hydroxyl groups is 1. The monoisotopic (exact) mass is 326 g/mol. The number of benzene rings is 2. The zero-order chi connectivity index (χ0) is 16.4. The van der Waals surface area contributed by atoms with E-state index in [1.54, 1.807) is 25.3 Å². The van der Waals surface area contributed by atoms with Crippen LogP contribution in [-0.4, -0.2) is 14.7 Å². The third-order valence-electron chi connectivity index (χ3n) is 4.14. The molecule has 0 fully saturated rings. The van der Waals surface area contributed by atoms with Gasteiger partial charge in [0.1, 0.15) is 11.4 Å². The highest BCUT2D eigenvalue weighted by Crippen LogP contribution is 2.31. The van der Waals surface area contributed by atoms with E-state index in [1.165, 1.54) is 5.56 Å². The van der Waals surface area contributed by atoms with Gasteiger partial charge in [-0.3, -0.25) is 0 Å². The van der Waals surface area contributed by atoms with Crippen molar-refractivity contribution in [3.8, 4) is 0 Å². The summed E-state index contributed by atoms with van der Waals surface area (Å²) in [5.74, 6) is 0.873. The predicted molar refractivity (Wildman–Crippen MR) is 92.6 cm³/mol. The molecule has 2 aromatic carbocycles. The van der Waals surface area contributed by atoms with Gasteiger partial charge in [-0.25, -0.2) is 4.98 Å². The fraction of sp³-hybridized carbons (Fsp3) is 0.211. The first-order valence-electron chi connectivity index (χ1n) is 7.53. The number of aromatic nitrogens is 2. The maximum absolute atomic E-state index is 11.1. The molecular weight excluding hydrogens is 308 g/mol. The van der Waals surface area contributed by atoms with Crippen LogP contribution in [0.4, 0.5) is 0 Å². The van der Waals surface area contributed by atoms with Crippen molar-refractivity contribution in [3.05, 3.63) is 88.5 Å². The van der Waals surface area contributed by atoms with Crippen LogP contribution in [0.3, 0.4) is 0 Å². The molecule has 0 radical (unpaired) electrons. The molecule has 0 spiro atoms. The first-order chi connectivity index (χ1) is 11.0. The molecule has 118 valence electrons. The molecule has 4 heteroatoms. The van der Waals surface area contributed by atoms with Gasteiger partial charge in [0.2, 0.25) is 0 Å². The number of hydrogen-bond acceptors (Lipinski definition) is 2. The van der Waals surface area contributed by atoms with Crippen LogP contribution in [-0.2, 0) is 12.1 Å². The summed E-state index contributed by atoms with van der Waals surface area (Å²) in [4.78, 5) is 4.40. The Bertz CT molecular complexity index is 792. The lowest BCUT2D eigenvalue weighted by atomic mass is 9.92. The highest BCUT2D eigenvalue weighted by molar-refractivity contribution is 6.30. The molecule has 3 aromatic rings. The lowest BCUT2D eigenvalue weighted by Gasteiger charge is -2.26. The van der Waals surface area contributed by atoms with Gasteiger partial charge in [0, 0.05) is 11.6 Å². The van der Waals surface area contributed by atoms with Crippen molar-refractivity contribution < 1.29 is 5.11 Å². The van der Waals surface area contributed by atoms with Crippen LogP contribution < -0.4 is 0 Å². The van der Waals surface area contributed by atoms with Gasteiger partial charge in [-0.2, -0.15) is 0 Å². The fourth-order valence-corrected chi connectivity index (χ4v) is 2.87. The summed E-state index contributed by atoms with van der Waals surface area (Å²) in [5, 5.41) is 11.8. The Morgan fingerprint density at radius 2 is 1.74 bits per heavy atom. The van der Waals surface area contributed by atoms with Crippen molar-refractivity contribution in [1.82, 2.24) is 9.55 Å². The summed E-state index contributed by atoms with van der Waals surface area (Å²) in [5.41, 5.74) is 1.58. The maximum Gasteiger partial charge on any atom is 0.128 e. The summed E-state index contributed by atoms with van der Waals surface area (Å²) in [6.07, 6.45) is 1.74. The van der Waals surface area contributed by atoms with Crippen LogP contribution in [0.25, 0.3) is 0 Å². The molecule has 1 unspecified atom stereocenters. The van der Waals surface area contributed by atoms with Crippen LogP contribution in [0.5, 0.6) is 0 Å². The number of nitrogens with zero attached hydrogens (tertiary/aromatic N) is 2. The van der Waals surface area contributed by atoms with Crippen molar-refractivity contribution in [2.24, 2.45) is 0 Å². The molecule has 3 nitrogen and oxygen atoms in total. The summed E-state index contributed by atoms with van der Waals surface area (Å²) in [6.45, 7) is 4.41. The fourth-order valence-electron chi connectivity index (χ4n) is 2.74. The summed E-state index contributed by atoms with van der Waals surface area (Å²) in [6, 6.07) is 17.4. The first-order valence-corrected chi connectivity index (χ1v) is 7.91. The molecule has 23 heavy (non-hydrogen) atoms. The quantitative estimate of drug-likeness (QED) is 0.782. The Morgan fingerprint density at radius 3 is 2.39 bits per heavy atom. The minimum Gasteiger partial charge on any atom is -0.379 e. The molecule has 0 aliphatic rings. The van der Waals surface area contributed by atoms with Crippen LogP contribution >= 0.6 is 11.6 Å². The molecule has 0 saturated carbocycles. The van der Waals surface area contributed by atoms with Gasteiger partial charge in [0.15, 0.2) is 0 Å². The largest absolute Gasteiger partial charge is 0.379 e. The second kappa shape index (κ2) is 6.19. The highest BCUT2D eigenvalue weighted by Gasteiger charge is 2.30. The lowest BCUT2D eigenvalue weighted by Crippen LogP contribution is -2.27. The summed E-state index contributed by atoms with van der Waals surface area (Å²) < 4.78 is 2.05. The normalized spacial score (nSPS) is 13.7. The van der Waals surface area contributed by atoms with E-state index in [0.717, 1.165) is 17.1 Å². The molecule has 0 aliphatic heterocycles. The second-order valence-corrected chi connectivity index (χ2v) is 6.28. The Labute approximate surface area is 141 Å². The van der Waals surface area contributed by atoms with Crippen LogP contribution in [0, 0.1) is 6.92 Å². The van der Waals surface area contributed by atoms with Gasteiger partial charge >= 0.3 is 0 Å². The number of rotatable bonds is 4. The molecule has 0 saturated heterocycles. The van der Waals surface area contributed by atoms with E-state index in [2.05, 4.69) is 17.1 Å². The highest BCUT2D eigenvalue weighted by atomic mass is 35.5. The molecular formula is C19H19ClN2O. The number of aryl methyl sites for hydroxylation is 1. The second-order valence-electron chi connectivity index (χ2n) is 5.84. The van der Waals surface area contributed by atoms with Crippen LogP contribution in [0.15, 0.2) is 60.8 Å². The molecule has 3 rings (SSSR count). The van der Waals surface area contributed by atoms with Crippen LogP contribution in [0.1, 0.15) is 29.6 Å². The van der Waals surface area contributed by atoms with E-state index in [-0.39, 0.29) is 0 Å². The minimum absolute atomic E-state index is 0.651. The third kappa shape index (κ3) is 3.16.